The molecule has 2 heterocycles. The van der Waals surface area contributed by atoms with E-state index in [1.165, 1.54) is 25.2 Å². The fraction of sp³-hybridized carbons (Fsp3) is 0.588. The number of rotatable bonds is 3. The second kappa shape index (κ2) is 7.02. The van der Waals surface area contributed by atoms with Gasteiger partial charge in [0.15, 0.2) is 9.84 Å². The number of benzene rings is 1. The molecule has 134 valence electrons. The maximum atomic E-state index is 12.9. The van der Waals surface area contributed by atoms with Gasteiger partial charge in [0.25, 0.3) is 5.91 Å². The number of sulfone groups is 1. The molecule has 24 heavy (non-hydrogen) atoms. The third-order valence-corrected chi connectivity index (χ3v) is 6.29. The summed E-state index contributed by atoms with van der Waals surface area (Å²) in [5.74, 6) is -0.0840. The first-order valence-electron chi connectivity index (χ1n) is 8.09. The summed E-state index contributed by atoms with van der Waals surface area (Å²) in [6.07, 6.45) is 5.49. The van der Waals surface area contributed by atoms with Crippen molar-refractivity contribution in [1.29, 1.82) is 0 Å². The van der Waals surface area contributed by atoms with Gasteiger partial charge in [0, 0.05) is 37.0 Å². The van der Waals surface area contributed by atoms with Crippen molar-refractivity contribution in [3.8, 4) is 0 Å². The molecule has 2 bridgehead atoms. The van der Waals surface area contributed by atoms with E-state index in [4.69, 9.17) is 0 Å². The molecule has 0 spiro atoms. The van der Waals surface area contributed by atoms with Crippen LogP contribution in [0.15, 0.2) is 23.1 Å². The second-order valence-electron chi connectivity index (χ2n) is 6.93. The Hall–Kier alpha value is -1.11. The lowest BCUT2D eigenvalue weighted by molar-refractivity contribution is 0.0680. The number of carbonyl (C=O) groups is 1. The molecule has 1 amide bonds. The molecule has 0 saturated carbocycles. The lowest BCUT2D eigenvalue weighted by atomic mass is 9.97. The van der Waals surface area contributed by atoms with E-state index in [0.717, 1.165) is 18.4 Å². The minimum atomic E-state index is -3.31. The molecular weight excluding hydrogens is 348 g/mol. The predicted octanol–water partition coefficient (Wildman–Crippen LogP) is 2.18. The molecular formula is C17H25ClN2O3S. The third-order valence-electron chi connectivity index (χ3n) is 5.18. The number of halogens is 1. The minimum absolute atomic E-state index is 0. The van der Waals surface area contributed by atoms with Crippen molar-refractivity contribution in [2.45, 2.75) is 55.6 Å². The smallest absolute Gasteiger partial charge is 0.254 e. The quantitative estimate of drug-likeness (QED) is 0.883. The summed E-state index contributed by atoms with van der Waals surface area (Å²) in [6.45, 7) is 1.85. The first-order chi connectivity index (χ1) is 10.8. The Morgan fingerprint density at radius 1 is 1.21 bits per heavy atom. The van der Waals surface area contributed by atoms with Gasteiger partial charge in [0.1, 0.15) is 0 Å². The summed E-state index contributed by atoms with van der Waals surface area (Å²) in [4.78, 5) is 14.9. The molecule has 2 aliphatic heterocycles. The predicted molar refractivity (Wildman–Crippen MR) is 96.6 cm³/mol. The Labute approximate surface area is 150 Å². The van der Waals surface area contributed by atoms with Gasteiger partial charge in [-0.25, -0.2) is 8.42 Å². The van der Waals surface area contributed by atoms with Crippen molar-refractivity contribution in [1.82, 2.24) is 10.2 Å². The molecule has 0 radical (unpaired) electrons. The van der Waals surface area contributed by atoms with Crippen LogP contribution in [0.5, 0.6) is 0 Å². The van der Waals surface area contributed by atoms with Crippen molar-refractivity contribution in [3.63, 3.8) is 0 Å². The number of amides is 1. The maximum absolute atomic E-state index is 12.9. The van der Waals surface area contributed by atoms with E-state index in [9.17, 15) is 13.2 Å². The van der Waals surface area contributed by atoms with E-state index < -0.39 is 9.84 Å². The standard InChI is InChI=1S/C17H24N2O3S.ClH/c1-11-4-7-15(23(3,21)22)10-16(11)17(20)19(2)14-8-12-5-6-13(9-14)18-12;/h4,7,10,12-14,18H,5-6,8-9H2,1-3H3;1H. The van der Waals surface area contributed by atoms with Crippen LogP contribution in [0.1, 0.15) is 41.6 Å². The highest BCUT2D eigenvalue weighted by Gasteiger charge is 2.36. The van der Waals surface area contributed by atoms with E-state index in [1.807, 2.05) is 14.0 Å². The van der Waals surface area contributed by atoms with Gasteiger partial charge in [-0.05, 0) is 50.3 Å². The molecule has 0 aromatic heterocycles. The molecule has 2 atom stereocenters. The lowest BCUT2D eigenvalue weighted by Crippen LogP contribution is -2.48. The zero-order valence-electron chi connectivity index (χ0n) is 14.3. The highest BCUT2D eigenvalue weighted by Crippen LogP contribution is 2.30. The number of nitrogens with one attached hydrogen (secondary N) is 1. The molecule has 1 aromatic carbocycles. The van der Waals surface area contributed by atoms with Gasteiger partial charge < -0.3 is 10.2 Å². The number of fused-ring (bicyclic) bond motifs is 2. The average Bonchev–Trinajstić information content (AvgIpc) is 2.83. The van der Waals surface area contributed by atoms with Crippen LogP contribution in [0.4, 0.5) is 0 Å². The van der Waals surface area contributed by atoms with Gasteiger partial charge in [0.05, 0.1) is 4.90 Å². The molecule has 1 N–H and O–H groups in total. The van der Waals surface area contributed by atoms with Crippen LogP contribution < -0.4 is 5.32 Å². The normalized spacial score (nSPS) is 25.9. The number of hydrogen-bond donors (Lipinski definition) is 1. The highest BCUT2D eigenvalue weighted by atomic mass is 35.5. The van der Waals surface area contributed by atoms with Crippen molar-refractivity contribution in [2.24, 2.45) is 0 Å². The van der Waals surface area contributed by atoms with Crippen LogP contribution in [0.3, 0.4) is 0 Å². The zero-order valence-corrected chi connectivity index (χ0v) is 15.9. The number of aryl methyl sites for hydroxylation is 1. The van der Waals surface area contributed by atoms with Gasteiger partial charge in [-0.2, -0.15) is 0 Å². The zero-order chi connectivity index (χ0) is 16.8. The Balaban J connectivity index is 0.00000208. The van der Waals surface area contributed by atoms with E-state index in [2.05, 4.69) is 5.32 Å². The Bertz CT molecular complexity index is 723. The second-order valence-corrected chi connectivity index (χ2v) is 8.94. The van der Waals surface area contributed by atoms with Crippen molar-refractivity contribution in [2.75, 3.05) is 13.3 Å². The van der Waals surface area contributed by atoms with Crippen LogP contribution in [-0.2, 0) is 9.84 Å². The van der Waals surface area contributed by atoms with Gasteiger partial charge in [-0.15, -0.1) is 12.4 Å². The van der Waals surface area contributed by atoms with E-state index in [-0.39, 0.29) is 29.3 Å². The molecule has 3 rings (SSSR count). The van der Waals surface area contributed by atoms with Gasteiger partial charge in [-0.1, -0.05) is 6.07 Å². The molecule has 2 aliphatic rings. The largest absolute Gasteiger partial charge is 0.339 e. The van der Waals surface area contributed by atoms with Crippen LogP contribution >= 0.6 is 12.4 Å². The molecule has 7 heteroatoms. The molecule has 2 fully saturated rings. The maximum Gasteiger partial charge on any atom is 0.254 e. The fourth-order valence-electron chi connectivity index (χ4n) is 3.76. The van der Waals surface area contributed by atoms with Gasteiger partial charge in [-0.3, -0.25) is 4.79 Å². The van der Waals surface area contributed by atoms with Crippen LogP contribution in [0.2, 0.25) is 0 Å². The van der Waals surface area contributed by atoms with Gasteiger partial charge >= 0.3 is 0 Å². The summed E-state index contributed by atoms with van der Waals surface area (Å²) >= 11 is 0. The Morgan fingerprint density at radius 2 is 1.79 bits per heavy atom. The fourth-order valence-corrected chi connectivity index (χ4v) is 4.41. The summed E-state index contributed by atoms with van der Waals surface area (Å²) in [7, 11) is -1.48. The summed E-state index contributed by atoms with van der Waals surface area (Å²) in [5.41, 5.74) is 1.30. The van der Waals surface area contributed by atoms with Gasteiger partial charge in [0.2, 0.25) is 0 Å². The number of nitrogens with zero attached hydrogens (tertiary/aromatic N) is 1. The first-order valence-corrected chi connectivity index (χ1v) is 9.99. The van der Waals surface area contributed by atoms with Crippen LogP contribution in [0.25, 0.3) is 0 Å². The van der Waals surface area contributed by atoms with E-state index in [1.54, 1.807) is 17.0 Å². The third kappa shape index (κ3) is 3.76. The molecule has 0 aliphatic carbocycles. The van der Waals surface area contributed by atoms with Crippen molar-refractivity contribution in [3.05, 3.63) is 29.3 Å². The summed E-state index contributed by atoms with van der Waals surface area (Å²) in [6, 6.07) is 6.03. The average molecular weight is 373 g/mol. The summed E-state index contributed by atoms with van der Waals surface area (Å²) in [5, 5.41) is 3.58. The lowest BCUT2D eigenvalue weighted by Gasteiger charge is -2.35. The monoisotopic (exact) mass is 372 g/mol. The van der Waals surface area contributed by atoms with Crippen molar-refractivity contribution < 1.29 is 13.2 Å². The minimum Gasteiger partial charge on any atom is -0.339 e. The number of piperidine rings is 1. The summed E-state index contributed by atoms with van der Waals surface area (Å²) < 4.78 is 23.5. The Kier molecular flexibility index (Phi) is 5.62. The van der Waals surface area contributed by atoms with Crippen LogP contribution in [-0.4, -0.2) is 50.7 Å². The Morgan fingerprint density at radius 3 is 2.33 bits per heavy atom. The van der Waals surface area contributed by atoms with Crippen molar-refractivity contribution >= 4 is 28.2 Å². The number of carbonyl (C=O) groups excluding carboxylic acids is 1. The molecule has 5 nitrogen and oxygen atoms in total. The number of hydrogen-bond acceptors (Lipinski definition) is 4. The SMILES string of the molecule is Cc1ccc(S(C)(=O)=O)cc1C(=O)N(C)C1CC2CCC(C1)N2.Cl. The molecule has 2 unspecified atom stereocenters. The van der Waals surface area contributed by atoms with E-state index >= 15 is 0 Å². The molecule has 1 aromatic rings. The first kappa shape index (κ1) is 19.2. The topological polar surface area (TPSA) is 66.5 Å². The van der Waals surface area contributed by atoms with Crippen LogP contribution in [0, 0.1) is 6.92 Å². The highest BCUT2D eigenvalue weighted by molar-refractivity contribution is 7.90. The van der Waals surface area contributed by atoms with E-state index in [0.29, 0.717) is 17.6 Å². The molecule has 2 saturated heterocycles.